The number of nitrogens with zero attached hydrogens (tertiary/aromatic N) is 1. The van der Waals surface area contributed by atoms with Gasteiger partial charge in [-0.2, -0.15) is 0 Å². The van der Waals surface area contributed by atoms with Gasteiger partial charge in [-0.3, -0.25) is 9.59 Å². The minimum Gasteiger partial charge on any atom is -0.371 e. The molecule has 0 saturated carbocycles. The van der Waals surface area contributed by atoms with Gasteiger partial charge in [0.05, 0.1) is 0 Å². The first-order valence-electron chi connectivity index (χ1n) is 8.88. The van der Waals surface area contributed by atoms with E-state index in [1.807, 2.05) is 45.9 Å². The topological polar surface area (TPSA) is 61.4 Å². The van der Waals surface area contributed by atoms with Crippen molar-refractivity contribution in [3.05, 3.63) is 30.3 Å². The summed E-state index contributed by atoms with van der Waals surface area (Å²) in [5, 5.41) is 6.00. The third-order valence-electron chi connectivity index (χ3n) is 4.16. The SMILES string of the molecule is CC(=O)NC(C)(C)CCN(CCC(C)(C)NC(C)=O)c1ccccc1. The number of carbonyl (C=O) groups excluding carboxylic acids is 2. The van der Waals surface area contributed by atoms with Crippen LogP contribution in [-0.4, -0.2) is 36.0 Å². The van der Waals surface area contributed by atoms with E-state index in [0.29, 0.717) is 0 Å². The number of benzene rings is 1. The number of amides is 2. The molecule has 5 nitrogen and oxygen atoms in total. The van der Waals surface area contributed by atoms with Crippen LogP contribution in [0.1, 0.15) is 54.4 Å². The first kappa shape index (κ1) is 21.0. The summed E-state index contributed by atoms with van der Waals surface area (Å²) in [5.41, 5.74) is 0.637. The van der Waals surface area contributed by atoms with Gasteiger partial charge in [0, 0.05) is 43.7 Å². The van der Waals surface area contributed by atoms with Gasteiger partial charge in [-0.05, 0) is 52.7 Å². The summed E-state index contributed by atoms with van der Waals surface area (Å²) >= 11 is 0. The van der Waals surface area contributed by atoms with Gasteiger partial charge >= 0.3 is 0 Å². The van der Waals surface area contributed by atoms with Crippen LogP contribution in [0, 0.1) is 0 Å². The number of carbonyl (C=O) groups is 2. The number of hydrogen-bond donors (Lipinski definition) is 2. The summed E-state index contributed by atoms with van der Waals surface area (Å²) in [5.74, 6) is -0.0221. The highest BCUT2D eigenvalue weighted by molar-refractivity contribution is 5.74. The average Bonchev–Trinajstić information content (AvgIpc) is 2.45. The molecule has 0 aliphatic heterocycles. The molecule has 0 heterocycles. The minimum absolute atomic E-state index is 0.0111. The van der Waals surface area contributed by atoms with Crippen LogP contribution >= 0.6 is 0 Å². The van der Waals surface area contributed by atoms with Crippen molar-refractivity contribution in [3.63, 3.8) is 0 Å². The van der Waals surface area contributed by atoms with E-state index in [9.17, 15) is 9.59 Å². The number of para-hydroxylation sites is 1. The number of anilines is 1. The molecule has 2 N–H and O–H groups in total. The Bertz CT molecular complexity index is 536. The lowest BCUT2D eigenvalue weighted by atomic mass is 9.98. The predicted molar refractivity (Wildman–Crippen MR) is 104 cm³/mol. The molecule has 0 radical (unpaired) electrons. The lowest BCUT2D eigenvalue weighted by Gasteiger charge is -2.34. The molecule has 140 valence electrons. The molecule has 0 aliphatic rings. The summed E-state index contributed by atoms with van der Waals surface area (Å²) in [7, 11) is 0. The van der Waals surface area contributed by atoms with Crippen LogP contribution in [0.25, 0.3) is 0 Å². The minimum atomic E-state index is -0.258. The largest absolute Gasteiger partial charge is 0.371 e. The van der Waals surface area contributed by atoms with Crippen LogP contribution in [-0.2, 0) is 9.59 Å². The molecule has 1 aromatic rings. The van der Waals surface area contributed by atoms with E-state index in [1.54, 1.807) is 13.8 Å². The van der Waals surface area contributed by atoms with Crippen LogP contribution in [0.15, 0.2) is 30.3 Å². The zero-order valence-electron chi connectivity index (χ0n) is 16.5. The monoisotopic (exact) mass is 347 g/mol. The quantitative estimate of drug-likeness (QED) is 0.721. The van der Waals surface area contributed by atoms with Gasteiger partial charge in [-0.1, -0.05) is 18.2 Å². The lowest BCUT2D eigenvalue weighted by molar-refractivity contribution is -0.121. The molecule has 0 unspecified atom stereocenters. The Balaban J connectivity index is 2.77. The van der Waals surface area contributed by atoms with E-state index in [4.69, 9.17) is 0 Å². The highest BCUT2D eigenvalue weighted by Crippen LogP contribution is 2.19. The van der Waals surface area contributed by atoms with Crippen LogP contribution in [0.2, 0.25) is 0 Å². The molecule has 0 fully saturated rings. The fourth-order valence-corrected chi connectivity index (χ4v) is 2.92. The molecule has 1 aromatic carbocycles. The van der Waals surface area contributed by atoms with E-state index in [-0.39, 0.29) is 22.9 Å². The van der Waals surface area contributed by atoms with Crippen molar-refractivity contribution in [3.8, 4) is 0 Å². The van der Waals surface area contributed by atoms with Crippen LogP contribution in [0.5, 0.6) is 0 Å². The van der Waals surface area contributed by atoms with Gasteiger partial charge in [-0.25, -0.2) is 0 Å². The molecule has 25 heavy (non-hydrogen) atoms. The van der Waals surface area contributed by atoms with Gasteiger partial charge in [0.25, 0.3) is 0 Å². The smallest absolute Gasteiger partial charge is 0.217 e. The highest BCUT2D eigenvalue weighted by Gasteiger charge is 2.23. The van der Waals surface area contributed by atoms with E-state index in [2.05, 4.69) is 27.7 Å². The molecule has 0 bridgehead atoms. The second-order valence-corrected chi connectivity index (χ2v) is 7.95. The van der Waals surface area contributed by atoms with Gasteiger partial charge in [0.1, 0.15) is 0 Å². The third kappa shape index (κ3) is 8.57. The van der Waals surface area contributed by atoms with Crippen molar-refractivity contribution in [2.24, 2.45) is 0 Å². The van der Waals surface area contributed by atoms with Crippen molar-refractivity contribution in [2.45, 2.75) is 65.5 Å². The normalized spacial score (nSPS) is 11.8. The Hall–Kier alpha value is -2.04. The van der Waals surface area contributed by atoms with Gasteiger partial charge in [-0.15, -0.1) is 0 Å². The van der Waals surface area contributed by atoms with Crippen LogP contribution in [0.3, 0.4) is 0 Å². The molecule has 0 aliphatic carbocycles. The molecule has 2 amide bonds. The molecule has 0 aromatic heterocycles. The molecule has 1 rings (SSSR count). The van der Waals surface area contributed by atoms with Crippen molar-refractivity contribution in [1.82, 2.24) is 10.6 Å². The van der Waals surface area contributed by atoms with Crippen molar-refractivity contribution >= 4 is 17.5 Å². The standard InChI is InChI=1S/C20H33N3O2/c1-16(24)21-19(3,4)12-14-23(18-10-8-7-9-11-18)15-13-20(5,6)22-17(2)25/h7-11H,12-15H2,1-6H3,(H,21,24)(H,22,25). The third-order valence-corrected chi connectivity index (χ3v) is 4.16. The number of rotatable bonds is 9. The van der Waals surface area contributed by atoms with Crippen molar-refractivity contribution in [2.75, 3.05) is 18.0 Å². The van der Waals surface area contributed by atoms with E-state index in [1.165, 1.54) is 0 Å². The maximum absolute atomic E-state index is 11.4. The lowest BCUT2D eigenvalue weighted by Crippen LogP contribution is -2.47. The molecular weight excluding hydrogens is 314 g/mol. The Morgan fingerprint density at radius 1 is 0.840 bits per heavy atom. The maximum Gasteiger partial charge on any atom is 0.217 e. The van der Waals surface area contributed by atoms with E-state index in [0.717, 1.165) is 31.6 Å². The van der Waals surface area contributed by atoms with Crippen molar-refractivity contribution < 1.29 is 9.59 Å². The first-order valence-corrected chi connectivity index (χ1v) is 8.88. The summed E-state index contributed by atoms with van der Waals surface area (Å²) < 4.78 is 0. The predicted octanol–water partition coefficient (Wildman–Crippen LogP) is 3.10. The molecule has 0 atom stereocenters. The average molecular weight is 348 g/mol. The molecular formula is C20H33N3O2. The Labute approximate surface area is 152 Å². The van der Waals surface area contributed by atoms with Crippen molar-refractivity contribution in [1.29, 1.82) is 0 Å². The van der Waals surface area contributed by atoms with E-state index < -0.39 is 0 Å². The van der Waals surface area contributed by atoms with Crippen LogP contribution in [0.4, 0.5) is 5.69 Å². The van der Waals surface area contributed by atoms with E-state index >= 15 is 0 Å². The molecule has 5 heteroatoms. The Kier molecular flexibility index (Phi) is 7.46. The maximum atomic E-state index is 11.4. The first-order chi connectivity index (χ1) is 11.5. The van der Waals surface area contributed by atoms with Crippen LogP contribution < -0.4 is 15.5 Å². The number of nitrogens with one attached hydrogen (secondary N) is 2. The second-order valence-electron chi connectivity index (χ2n) is 7.95. The summed E-state index contributed by atoms with van der Waals surface area (Å²) in [6.07, 6.45) is 1.67. The Morgan fingerprint density at radius 3 is 1.60 bits per heavy atom. The van der Waals surface area contributed by atoms with Gasteiger partial charge in [0.15, 0.2) is 0 Å². The molecule has 0 spiro atoms. The zero-order chi connectivity index (χ0) is 19.1. The van der Waals surface area contributed by atoms with Gasteiger partial charge < -0.3 is 15.5 Å². The fourth-order valence-electron chi connectivity index (χ4n) is 2.92. The van der Waals surface area contributed by atoms with Gasteiger partial charge in [0.2, 0.25) is 11.8 Å². The Morgan fingerprint density at radius 2 is 1.24 bits per heavy atom. The molecule has 0 saturated heterocycles. The fraction of sp³-hybridized carbons (Fsp3) is 0.600. The highest BCUT2D eigenvalue weighted by atomic mass is 16.2. The zero-order valence-corrected chi connectivity index (χ0v) is 16.5. The number of hydrogen-bond acceptors (Lipinski definition) is 3. The summed E-state index contributed by atoms with van der Waals surface area (Å²) in [6.45, 7) is 12.9. The second kappa shape index (κ2) is 8.88. The summed E-state index contributed by atoms with van der Waals surface area (Å²) in [6, 6.07) is 10.2. The summed E-state index contributed by atoms with van der Waals surface area (Å²) in [4.78, 5) is 25.1.